The minimum absolute atomic E-state index is 0.0793. The van der Waals surface area contributed by atoms with Crippen molar-refractivity contribution in [2.75, 3.05) is 23.3 Å². The third-order valence-corrected chi connectivity index (χ3v) is 4.32. The molecule has 0 atom stereocenters. The summed E-state index contributed by atoms with van der Waals surface area (Å²) >= 11 is 0. The Balaban J connectivity index is 1.79. The molecular weight excluding hydrogens is 322 g/mol. The molecule has 130 valence electrons. The molecule has 2 aromatic rings. The molecule has 25 heavy (non-hydrogen) atoms. The number of nitro groups is 1. The highest BCUT2D eigenvalue weighted by Gasteiger charge is 2.19. The highest BCUT2D eigenvalue weighted by molar-refractivity contribution is 6.05. The quantitative estimate of drug-likeness (QED) is 0.678. The highest BCUT2D eigenvalue weighted by Crippen LogP contribution is 2.23. The van der Waals surface area contributed by atoms with Crippen LogP contribution < -0.4 is 10.2 Å². The van der Waals surface area contributed by atoms with Gasteiger partial charge in [0, 0.05) is 36.3 Å². The van der Waals surface area contributed by atoms with Gasteiger partial charge >= 0.3 is 0 Å². The van der Waals surface area contributed by atoms with Crippen LogP contribution in [-0.2, 0) is 0 Å². The van der Waals surface area contributed by atoms with Gasteiger partial charge < -0.3 is 10.2 Å². The second kappa shape index (κ2) is 7.25. The molecule has 0 spiro atoms. The Morgan fingerprint density at radius 2 is 2.00 bits per heavy atom. The first kappa shape index (κ1) is 16.8. The number of anilines is 2. The monoisotopic (exact) mass is 341 g/mol. The molecular formula is C17H19N5O3. The number of hydrogen-bond donors (Lipinski definition) is 1. The average Bonchev–Trinajstić information content (AvgIpc) is 2.62. The molecule has 0 unspecified atom stereocenters. The number of nitrogens with one attached hydrogen (secondary N) is 1. The van der Waals surface area contributed by atoms with Crippen molar-refractivity contribution in [3.8, 4) is 0 Å². The molecule has 0 radical (unpaired) electrons. The molecule has 0 aliphatic carbocycles. The topological polar surface area (TPSA) is 101 Å². The maximum Gasteiger partial charge on any atom is 0.273 e. The van der Waals surface area contributed by atoms with Crippen molar-refractivity contribution >= 4 is 23.2 Å². The molecule has 1 fully saturated rings. The molecule has 1 aromatic carbocycles. The van der Waals surface area contributed by atoms with E-state index in [9.17, 15) is 14.9 Å². The molecule has 1 aliphatic heterocycles. The number of benzene rings is 1. The van der Waals surface area contributed by atoms with Crippen molar-refractivity contribution in [3.63, 3.8) is 0 Å². The van der Waals surface area contributed by atoms with Crippen LogP contribution in [0.5, 0.6) is 0 Å². The van der Waals surface area contributed by atoms with Gasteiger partial charge in [-0.25, -0.2) is 9.97 Å². The van der Waals surface area contributed by atoms with E-state index in [1.807, 2.05) is 0 Å². The number of carbonyl (C=O) groups excluding carboxylic acids is 1. The molecule has 0 saturated carbocycles. The fourth-order valence-electron chi connectivity index (χ4n) is 2.96. The molecule has 1 aliphatic rings. The van der Waals surface area contributed by atoms with E-state index in [2.05, 4.69) is 20.2 Å². The lowest BCUT2D eigenvalue weighted by Gasteiger charge is -2.27. The Bertz CT molecular complexity index is 803. The van der Waals surface area contributed by atoms with Crippen LogP contribution in [0.2, 0.25) is 0 Å². The lowest BCUT2D eigenvalue weighted by atomic mass is 10.1. The zero-order chi connectivity index (χ0) is 17.8. The Morgan fingerprint density at radius 3 is 2.72 bits per heavy atom. The smallest absolute Gasteiger partial charge is 0.273 e. The average molecular weight is 341 g/mol. The lowest BCUT2D eigenvalue weighted by Crippen LogP contribution is -2.30. The SMILES string of the molecule is Cc1c(C(=O)Nc2cc(N3CCCCC3)ncn2)cccc1[N+](=O)[O-]. The Labute approximate surface area is 145 Å². The van der Waals surface area contributed by atoms with Crippen LogP contribution in [0.4, 0.5) is 17.3 Å². The van der Waals surface area contributed by atoms with Gasteiger partial charge in [0.05, 0.1) is 4.92 Å². The number of nitrogens with zero attached hydrogens (tertiary/aromatic N) is 4. The van der Waals surface area contributed by atoms with Crippen molar-refractivity contribution in [3.05, 3.63) is 51.8 Å². The van der Waals surface area contributed by atoms with Crippen molar-refractivity contribution < 1.29 is 9.72 Å². The lowest BCUT2D eigenvalue weighted by molar-refractivity contribution is -0.385. The molecule has 0 bridgehead atoms. The molecule has 8 heteroatoms. The number of nitro benzene ring substituents is 1. The Morgan fingerprint density at radius 1 is 1.24 bits per heavy atom. The molecule has 2 heterocycles. The number of aromatic nitrogens is 2. The third kappa shape index (κ3) is 3.73. The standard InChI is InChI=1S/C17H19N5O3/c1-12-13(6-5-7-14(12)22(24)25)17(23)20-15-10-16(19-11-18-15)21-8-3-2-4-9-21/h5-7,10-11H,2-4,8-9H2,1H3,(H,18,19,20,23). The summed E-state index contributed by atoms with van der Waals surface area (Å²) in [5.41, 5.74) is 0.506. The van der Waals surface area contributed by atoms with E-state index in [4.69, 9.17) is 0 Å². The predicted octanol–water partition coefficient (Wildman–Crippen LogP) is 2.94. The van der Waals surface area contributed by atoms with Crippen LogP contribution in [0.15, 0.2) is 30.6 Å². The summed E-state index contributed by atoms with van der Waals surface area (Å²) < 4.78 is 0. The number of rotatable bonds is 4. The summed E-state index contributed by atoms with van der Waals surface area (Å²) in [4.78, 5) is 33.5. The van der Waals surface area contributed by atoms with E-state index in [-0.39, 0.29) is 11.3 Å². The van der Waals surface area contributed by atoms with Crippen molar-refractivity contribution in [2.24, 2.45) is 0 Å². The Kier molecular flexibility index (Phi) is 4.87. The second-order valence-electron chi connectivity index (χ2n) is 5.97. The maximum absolute atomic E-state index is 12.5. The minimum Gasteiger partial charge on any atom is -0.356 e. The maximum atomic E-state index is 12.5. The van der Waals surface area contributed by atoms with Gasteiger partial charge in [-0.2, -0.15) is 0 Å². The molecule has 1 aromatic heterocycles. The summed E-state index contributed by atoms with van der Waals surface area (Å²) in [5.74, 6) is 0.733. The van der Waals surface area contributed by atoms with Crippen LogP contribution in [0.1, 0.15) is 35.2 Å². The number of hydrogen-bond acceptors (Lipinski definition) is 6. The van der Waals surface area contributed by atoms with Gasteiger partial charge in [0.2, 0.25) is 0 Å². The van der Waals surface area contributed by atoms with Gasteiger partial charge in [0.25, 0.3) is 11.6 Å². The van der Waals surface area contributed by atoms with Gasteiger partial charge in [-0.05, 0) is 32.3 Å². The summed E-state index contributed by atoms with van der Waals surface area (Å²) in [6, 6.07) is 6.17. The summed E-state index contributed by atoms with van der Waals surface area (Å²) in [6.07, 6.45) is 4.88. The van der Waals surface area contributed by atoms with Crippen LogP contribution in [0, 0.1) is 17.0 Å². The van der Waals surface area contributed by atoms with Gasteiger partial charge in [-0.15, -0.1) is 0 Å². The Hall–Kier alpha value is -3.03. The molecule has 1 amide bonds. The van der Waals surface area contributed by atoms with Crippen molar-refractivity contribution in [2.45, 2.75) is 26.2 Å². The molecule has 1 saturated heterocycles. The first-order valence-corrected chi connectivity index (χ1v) is 8.18. The number of carbonyl (C=O) groups is 1. The second-order valence-corrected chi connectivity index (χ2v) is 5.97. The van der Waals surface area contributed by atoms with E-state index in [0.717, 1.165) is 31.7 Å². The van der Waals surface area contributed by atoms with Crippen LogP contribution in [0.3, 0.4) is 0 Å². The number of piperidine rings is 1. The predicted molar refractivity (Wildman–Crippen MR) is 93.9 cm³/mol. The van der Waals surface area contributed by atoms with Crippen LogP contribution in [-0.4, -0.2) is 33.9 Å². The summed E-state index contributed by atoms with van der Waals surface area (Å²) in [6.45, 7) is 3.44. The zero-order valence-electron chi connectivity index (χ0n) is 13.9. The first-order chi connectivity index (χ1) is 12.1. The summed E-state index contributed by atoms with van der Waals surface area (Å²) in [5, 5.41) is 13.7. The fraction of sp³-hybridized carbons (Fsp3) is 0.353. The van der Waals surface area contributed by atoms with Crippen LogP contribution in [0.25, 0.3) is 0 Å². The van der Waals surface area contributed by atoms with E-state index in [0.29, 0.717) is 11.4 Å². The van der Waals surface area contributed by atoms with E-state index >= 15 is 0 Å². The normalized spacial score (nSPS) is 14.2. The molecule has 8 nitrogen and oxygen atoms in total. The third-order valence-electron chi connectivity index (χ3n) is 4.32. The molecule has 3 rings (SSSR count). The fourth-order valence-corrected chi connectivity index (χ4v) is 2.96. The zero-order valence-corrected chi connectivity index (χ0v) is 13.9. The van der Waals surface area contributed by atoms with E-state index < -0.39 is 10.8 Å². The molecule has 1 N–H and O–H groups in total. The van der Waals surface area contributed by atoms with Crippen molar-refractivity contribution in [1.29, 1.82) is 0 Å². The first-order valence-electron chi connectivity index (χ1n) is 8.18. The van der Waals surface area contributed by atoms with E-state index in [1.165, 1.54) is 24.9 Å². The minimum atomic E-state index is -0.495. The van der Waals surface area contributed by atoms with E-state index in [1.54, 1.807) is 19.1 Å². The van der Waals surface area contributed by atoms with Gasteiger partial charge in [-0.3, -0.25) is 14.9 Å². The van der Waals surface area contributed by atoms with Gasteiger partial charge in [0.1, 0.15) is 18.0 Å². The highest BCUT2D eigenvalue weighted by atomic mass is 16.6. The largest absolute Gasteiger partial charge is 0.356 e. The summed E-state index contributed by atoms with van der Waals surface area (Å²) in [7, 11) is 0. The van der Waals surface area contributed by atoms with Crippen molar-refractivity contribution in [1.82, 2.24) is 9.97 Å². The van der Waals surface area contributed by atoms with Crippen LogP contribution >= 0.6 is 0 Å². The van der Waals surface area contributed by atoms with Gasteiger partial charge in [0.15, 0.2) is 0 Å². The van der Waals surface area contributed by atoms with Gasteiger partial charge in [-0.1, -0.05) is 6.07 Å². The number of amides is 1.